The van der Waals surface area contributed by atoms with Crippen LogP contribution in [-0.4, -0.2) is 50.1 Å². The van der Waals surface area contributed by atoms with Gasteiger partial charge in [-0.15, -0.1) is 23.7 Å². The summed E-state index contributed by atoms with van der Waals surface area (Å²) in [6, 6.07) is 7.28. The lowest BCUT2D eigenvalue weighted by Crippen LogP contribution is -2.36. The lowest BCUT2D eigenvalue weighted by Gasteiger charge is -2.21. The lowest BCUT2D eigenvalue weighted by molar-refractivity contribution is 0.0989. The average Bonchev–Trinajstić information content (AvgIpc) is 3.25. The Morgan fingerprint density at radius 1 is 1.27 bits per heavy atom. The quantitative estimate of drug-likeness (QED) is 0.569. The van der Waals surface area contributed by atoms with Crippen LogP contribution < -0.4 is 9.64 Å². The average molecular weight is 432 g/mol. The largest absolute Gasteiger partial charge is 0.494 e. The number of amides is 1. The fraction of sp³-hybridized carbons (Fsp3) is 0.294. The Labute approximate surface area is 171 Å². The third-order valence-corrected chi connectivity index (χ3v) is 6.04. The molecule has 3 rings (SSSR count). The van der Waals surface area contributed by atoms with Gasteiger partial charge in [0, 0.05) is 13.1 Å². The molecule has 1 amide bonds. The first kappa shape index (κ1) is 20.9. The van der Waals surface area contributed by atoms with Gasteiger partial charge >= 0.3 is 0 Å². The Morgan fingerprint density at radius 2 is 2.04 bits per heavy atom. The van der Waals surface area contributed by atoms with E-state index in [0.29, 0.717) is 32.8 Å². The number of methoxy groups -OCH3 is 1. The highest BCUT2D eigenvalue weighted by Crippen LogP contribution is 2.39. The van der Waals surface area contributed by atoms with Crippen molar-refractivity contribution in [3.05, 3.63) is 39.5 Å². The highest BCUT2D eigenvalue weighted by atomic mass is 35.5. The van der Waals surface area contributed by atoms with Crippen molar-refractivity contribution in [3.63, 3.8) is 0 Å². The van der Waals surface area contributed by atoms with E-state index in [0.717, 1.165) is 11.2 Å². The summed E-state index contributed by atoms with van der Waals surface area (Å²) in [5.74, 6) is 0.601. The van der Waals surface area contributed by atoms with Crippen LogP contribution in [0.15, 0.2) is 29.6 Å². The summed E-state index contributed by atoms with van der Waals surface area (Å²) in [6.45, 7) is 1.28. The Balaban J connectivity index is 0.00000243. The Hall–Kier alpha value is -1.38. The molecule has 0 atom stereocenters. The van der Waals surface area contributed by atoms with Crippen molar-refractivity contribution in [1.82, 2.24) is 9.88 Å². The van der Waals surface area contributed by atoms with Gasteiger partial charge in [-0.05, 0) is 37.7 Å². The van der Waals surface area contributed by atoms with Gasteiger partial charge in [0.15, 0.2) is 5.13 Å². The number of fused-ring (bicyclic) bond motifs is 1. The van der Waals surface area contributed by atoms with Gasteiger partial charge in [-0.1, -0.05) is 29.0 Å². The predicted octanol–water partition coefficient (Wildman–Crippen LogP) is 4.65. The van der Waals surface area contributed by atoms with Crippen molar-refractivity contribution in [1.29, 1.82) is 0 Å². The number of carbonyl (C=O) groups excluding carboxylic acids is 1. The van der Waals surface area contributed by atoms with Crippen LogP contribution in [0.1, 0.15) is 9.67 Å². The van der Waals surface area contributed by atoms with Crippen molar-refractivity contribution in [2.45, 2.75) is 0 Å². The topological polar surface area (TPSA) is 45.7 Å². The van der Waals surface area contributed by atoms with Crippen molar-refractivity contribution in [2.75, 3.05) is 39.2 Å². The minimum atomic E-state index is -0.0500. The fourth-order valence-corrected chi connectivity index (χ4v) is 4.29. The van der Waals surface area contributed by atoms with E-state index in [1.807, 2.05) is 36.5 Å². The van der Waals surface area contributed by atoms with Gasteiger partial charge in [-0.3, -0.25) is 9.69 Å². The first-order valence-corrected chi connectivity index (χ1v) is 9.72. The molecule has 1 aromatic carbocycles. The number of carbonyl (C=O) groups is 1. The second kappa shape index (κ2) is 9.01. The molecule has 0 bridgehead atoms. The number of halogens is 2. The summed E-state index contributed by atoms with van der Waals surface area (Å²) in [6.07, 6.45) is 0. The van der Waals surface area contributed by atoms with E-state index in [-0.39, 0.29) is 18.3 Å². The number of thiophene rings is 1. The van der Waals surface area contributed by atoms with Gasteiger partial charge < -0.3 is 9.64 Å². The van der Waals surface area contributed by atoms with E-state index in [1.165, 1.54) is 22.7 Å². The van der Waals surface area contributed by atoms with Crippen LogP contribution in [0.5, 0.6) is 5.75 Å². The van der Waals surface area contributed by atoms with E-state index in [9.17, 15) is 4.79 Å². The zero-order valence-corrected chi connectivity index (χ0v) is 17.8. The molecule has 9 heteroatoms. The zero-order chi connectivity index (χ0) is 18.0. The molecular formula is C17H19Cl2N3O2S2. The normalized spacial score (nSPS) is 10.8. The number of anilines is 1. The SMILES string of the molecule is COc1ccc(Cl)c2sc(N(CCN(C)C)C(=O)c3cccs3)nc12.Cl. The first-order valence-electron chi connectivity index (χ1n) is 7.64. The number of thiazole rings is 1. The maximum Gasteiger partial charge on any atom is 0.270 e. The maximum absolute atomic E-state index is 13.0. The van der Waals surface area contributed by atoms with E-state index in [1.54, 1.807) is 24.1 Å². The summed E-state index contributed by atoms with van der Waals surface area (Å²) in [4.78, 5) is 22.1. The van der Waals surface area contributed by atoms with Gasteiger partial charge in [-0.2, -0.15) is 0 Å². The molecular weight excluding hydrogens is 413 g/mol. The van der Waals surface area contributed by atoms with Crippen LogP contribution in [0.3, 0.4) is 0 Å². The van der Waals surface area contributed by atoms with Gasteiger partial charge in [-0.25, -0.2) is 4.98 Å². The second-order valence-corrected chi connectivity index (χ2v) is 7.99. The number of benzene rings is 1. The minimum Gasteiger partial charge on any atom is -0.494 e. The molecule has 2 aromatic heterocycles. The molecule has 26 heavy (non-hydrogen) atoms. The van der Waals surface area contributed by atoms with Crippen molar-refractivity contribution >= 4 is 67.9 Å². The molecule has 140 valence electrons. The number of likely N-dealkylation sites (N-methyl/N-ethyl adjacent to an activating group) is 1. The van der Waals surface area contributed by atoms with Crippen LogP contribution in [0.4, 0.5) is 5.13 Å². The number of hydrogen-bond donors (Lipinski definition) is 0. The summed E-state index contributed by atoms with van der Waals surface area (Å²) >= 11 is 9.15. The smallest absolute Gasteiger partial charge is 0.270 e. The standard InChI is InChI=1S/C17H18ClN3O2S2.ClH/c1-20(2)8-9-21(16(22)13-5-4-10-24-13)17-19-14-12(23-3)7-6-11(18)15(14)25-17;/h4-7,10H,8-9H2,1-3H3;1H. The van der Waals surface area contributed by atoms with Crippen molar-refractivity contribution < 1.29 is 9.53 Å². The highest BCUT2D eigenvalue weighted by Gasteiger charge is 2.23. The minimum absolute atomic E-state index is 0. The van der Waals surface area contributed by atoms with Crippen molar-refractivity contribution in [3.8, 4) is 5.75 Å². The lowest BCUT2D eigenvalue weighted by atomic mass is 10.3. The zero-order valence-electron chi connectivity index (χ0n) is 14.6. The number of aromatic nitrogens is 1. The second-order valence-electron chi connectivity index (χ2n) is 5.66. The third kappa shape index (κ3) is 4.29. The molecule has 0 spiro atoms. The summed E-state index contributed by atoms with van der Waals surface area (Å²) in [5, 5.41) is 3.13. The van der Waals surface area contributed by atoms with Crippen molar-refractivity contribution in [2.24, 2.45) is 0 Å². The number of hydrogen-bond acceptors (Lipinski definition) is 6. The highest BCUT2D eigenvalue weighted by molar-refractivity contribution is 7.23. The van der Waals surface area contributed by atoms with E-state index in [2.05, 4.69) is 4.98 Å². The summed E-state index contributed by atoms with van der Waals surface area (Å²) in [7, 11) is 5.56. The van der Waals surface area contributed by atoms with E-state index < -0.39 is 0 Å². The Kier molecular flexibility index (Phi) is 7.25. The van der Waals surface area contributed by atoms with Crippen LogP contribution in [0.2, 0.25) is 5.02 Å². The Morgan fingerprint density at radius 3 is 2.65 bits per heavy atom. The molecule has 0 saturated heterocycles. The van der Waals surface area contributed by atoms with Crippen LogP contribution in [-0.2, 0) is 0 Å². The van der Waals surface area contributed by atoms with Crippen LogP contribution >= 0.6 is 46.7 Å². The number of rotatable bonds is 6. The molecule has 2 heterocycles. The molecule has 0 N–H and O–H groups in total. The molecule has 0 aliphatic rings. The predicted molar refractivity (Wildman–Crippen MR) is 113 cm³/mol. The monoisotopic (exact) mass is 431 g/mol. The molecule has 0 unspecified atom stereocenters. The molecule has 0 aliphatic carbocycles. The van der Waals surface area contributed by atoms with Gasteiger partial charge in [0.2, 0.25) is 0 Å². The Bertz CT molecular complexity index is 882. The van der Waals surface area contributed by atoms with Crippen LogP contribution in [0.25, 0.3) is 10.2 Å². The van der Waals surface area contributed by atoms with E-state index >= 15 is 0 Å². The molecule has 0 saturated carbocycles. The van der Waals surface area contributed by atoms with E-state index in [4.69, 9.17) is 16.3 Å². The van der Waals surface area contributed by atoms with Crippen LogP contribution in [0, 0.1) is 0 Å². The van der Waals surface area contributed by atoms with Gasteiger partial charge in [0.05, 0.1) is 21.7 Å². The molecule has 0 fully saturated rings. The summed E-state index contributed by atoms with van der Waals surface area (Å²) < 4.78 is 6.21. The first-order chi connectivity index (χ1) is 12.0. The van der Waals surface area contributed by atoms with Gasteiger partial charge in [0.25, 0.3) is 5.91 Å². The molecule has 0 aliphatic heterocycles. The maximum atomic E-state index is 13.0. The third-order valence-electron chi connectivity index (χ3n) is 3.65. The summed E-state index contributed by atoms with van der Waals surface area (Å²) in [5.41, 5.74) is 0.684. The number of ether oxygens (including phenoxy) is 1. The molecule has 3 aromatic rings. The number of nitrogens with zero attached hydrogens (tertiary/aromatic N) is 3. The molecule has 5 nitrogen and oxygen atoms in total. The molecule has 0 radical (unpaired) electrons. The fourth-order valence-electron chi connectivity index (χ4n) is 2.34. The van der Waals surface area contributed by atoms with Gasteiger partial charge in [0.1, 0.15) is 11.3 Å².